The number of rotatable bonds is 9. The molecule has 0 aliphatic carbocycles. The first-order chi connectivity index (χ1) is 14.6. The quantitative estimate of drug-likeness (QED) is 0.529. The average molecular weight is 461 g/mol. The molecular formula is C25H33ClN2O2S. The summed E-state index contributed by atoms with van der Waals surface area (Å²) in [6.45, 7) is 10.2. The molecular weight excluding hydrogens is 428 g/mol. The summed E-state index contributed by atoms with van der Waals surface area (Å²) in [5.41, 5.74) is 2.94. The molecule has 0 saturated carbocycles. The van der Waals surface area contributed by atoms with Crippen molar-refractivity contribution in [2.75, 3.05) is 5.75 Å². The normalized spacial score (nSPS) is 12.3. The molecule has 0 saturated heterocycles. The van der Waals surface area contributed by atoms with Crippen molar-refractivity contribution < 1.29 is 9.59 Å². The number of nitrogens with one attached hydrogen (secondary N) is 1. The van der Waals surface area contributed by atoms with Gasteiger partial charge in [-0.3, -0.25) is 9.59 Å². The number of thioether (sulfide) groups is 1. The van der Waals surface area contributed by atoms with E-state index >= 15 is 0 Å². The number of aryl methyl sites for hydroxylation is 1. The largest absolute Gasteiger partial charge is 0.350 e. The third-order valence-electron chi connectivity index (χ3n) is 4.77. The Balaban J connectivity index is 2.14. The van der Waals surface area contributed by atoms with Gasteiger partial charge >= 0.3 is 0 Å². The van der Waals surface area contributed by atoms with Crippen molar-refractivity contribution in [1.29, 1.82) is 0 Å². The van der Waals surface area contributed by atoms with E-state index in [1.54, 1.807) is 16.7 Å². The summed E-state index contributed by atoms with van der Waals surface area (Å²) in [5.74, 6) is 0.883. The summed E-state index contributed by atoms with van der Waals surface area (Å²) in [6, 6.07) is 15.2. The number of hydrogen-bond acceptors (Lipinski definition) is 3. The number of amides is 2. The topological polar surface area (TPSA) is 49.4 Å². The van der Waals surface area contributed by atoms with Gasteiger partial charge in [0.2, 0.25) is 11.8 Å². The van der Waals surface area contributed by atoms with Crippen LogP contribution < -0.4 is 5.32 Å². The van der Waals surface area contributed by atoms with Gasteiger partial charge < -0.3 is 10.2 Å². The fourth-order valence-corrected chi connectivity index (χ4v) is 4.18. The SMILES string of the molecule is CCC(C(=O)NC(C)(C)C)N(Cc1ccc(C)cc1)C(=O)CSCc1ccc(Cl)cc1. The lowest BCUT2D eigenvalue weighted by Gasteiger charge is -2.33. The fourth-order valence-electron chi connectivity index (χ4n) is 3.18. The maximum absolute atomic E-state index is 13.2. The van der Waals surface area contributed by atoms with Gasteiger partial charge in [-0.2, -0.15) is 0 Å². The van der Waals surface area contributed by atoms with Crippen LogP contribution >= 0.6 is 23.4 Å². The monoisotopic (exact) mass is 460 g/mol. The standard InChI is InChI=1S/C25H33ClN2O2S/c1-6-22(24(30)27-25(3,4)5)28(15-19-9-7-18(2)8-10-19)23(29)17-31-16-20-11-13-21(26)14-12-20/h7-14,22H,6,15-17H2,1-5H3,(H,27,30). The lowest BCUT2D eigenvalue weighted by atomic mass is 10.1. The molecule has 2 rings (SSSR count). The number of carbonyl (C=O) groups excluding carboxylic acids is 2. The predicted molar refractivity (Wildman–Crippen MR) is 131 cm³/mol. The van der Waals surface area contributed by atoms with E-state index in [-0.39, 0.29) is 17.4 Å². The predicted octanol–water partition coefficient (Wildman–Crippen LogP) is 5.60. The molecule has 6 heteroatoms. The molecule has 2 amide bonds. The third-order valence-corrected chi connectivity index (χ3v) is 6.01. The Labute approximate surface area is 195 Å². The minimum absolute atomic E-state index is 0.0320. The van der Waals surface area contributed by atoms with Crippen LogP contribution in [-0.2, 0) is 21.9 Å². The Bertz CT molecular complexity index is 861. The van der Waals surface area contributed by atoms with Crippen molar-refractivity contribution in [3.8, 4) is 0 Å². The molecule has 0 aromatic heterocycles. The molecule has 1 atom stereocenters. The summed E-state index contributed by atoms with van der Waals surface area (Å²) in [4.78, 5) is 27.9. The number of nitrogens with zero attached hydrogens (tertiary/aromatic N) is 1. The lowest BCUT2D eigenvalue weighted by Crippen LogP contribution is -2.53. The smallest absolute Gasteiger partial charge is 0.243 e. The van der Waals surface area contributed by atoms with Crippen LogP contribution in [0, 0.1) is 6.92 Å². The second-order valence-electron chi connectivity index (χ2n) is 8.79. The molecule has 0 spiro atoms. The molecule has 0 bridgehead atoms. The fraction of sp³-hybridized carbons (Fsp3) is 0.440. The van der Waals surface area contributed by atoms with Gasteiger partial charge in [-0.05, 0) is 57.4 Å². The zero-order valence-corrected chi connectivity index (χ0v) is 20.6. The molecule has 0 aliphatic heterocycles. The first kappa shape index (κ1) is 25.3. The Hall–Kier alpha value is -1.98. The lowest BCUT2D eigenvalue weighted by molar-refractivity contribution is -0.140. The second kappa shape index (κ2) is 11.6. The highest BCUT2D eigenvalue weighted by atomic mass is 35.5. The van der Waals surface area contributed by atoms with Crippen LogP contribution in [0.2, 0.25) is 5.02 Å². The van der Waals surface area contributed by atoms with Gasteiger partial charge in [-0.1, -0.05) is 60.5 Å². The van der Waals surface area contributed by atoms with Crippen LogP contribution in [0.5, 0.6) is 0 Å². The van der Waals surface area contributed by atoms with Crippen molar-refractivity contribution in [2.24, 2.45) is 0 Å². The molecule has 2 aromatic rings. The molecule has 1 N–H and O–H groups in total. The average Bonchev–Trinajstić information content (AvgIpc) is 2.69. The third kappa shape index (κ3) is 8.58. The Morgan fingerprint density at radius 3 is 2.16 bits per heavy atom. The zero-order valence-electron chi connectivity index (χ0n) is 19.1. The highest BCUT2D eigenvalue weighted by Gasteiger charge is 2.30. The Kier molecular flexibility index (Phi) is 9.45. The van der Waals surface area contributed by atoms with Gasteiger partial charge in [-0.15, -0.1) is 11.8 Å². The van der Waals surface area contributed by atoms with Crippen LogP contribution in [0.25, 0.3) is 0 Å². The van der Waals surface area contributed by atoms with E-state index in [1.165, 1.54) is 0 Å². The van der Waals surface area contributed by atoms with Crippen molar-refractivity contribution in [3.63, 3.8) is 0 Å². The van der Waals surface area contributed by atoms with Crippen LogP contribution in [0.4, 0.5) is 0 Å². The van der Waals surface area contributed by atoms with Crippen molar-refractivity contribution in [1.82, 2.24) is 10.2 Å². The molecule has 2 aromatic carbocycles. The van der Waals surface area contributed by atoms with Gasteiger partial charge in [0.15, 0.2) is 0 Å². The molecule has 4 nitrogen and oxygen atoms in total. The van der Waals surface area contributed by atoms with E-state index in [0.717, 1.165) is 16.7 Å². The number of hydrogen-bond donors (Lipinski definition) is 1. The van der Waals surface area contributed by atoms with Gasteiger partial charge in [0.05, 0.1) is 5.75 Å². The Morgan fingerprint density at radius 2 is 1.61 bits per heavy atom. The molecule has 0 aliphatic rings. The molecule has 0 radical (unpaired) electrons. The molecule has 31 heavy (non-hydrogen) atoms. The number of benzene rings is 2. The molecule has 0 heterocycles. The highest BCUT2D eigenvalue weighted by molar-refractivity contribution is 7.99. The van der Waals surface area contributed by atoms with Crippen LogP contribution in [0.3, 0.4) is 0 Å². The van der Waals surface area contributed by atoms with Crippen LogP contribution in [0.15, 0.2) is 48.5 Å². The first-order valence-electron chi connectivity index (χ1n) is 10.6. The van der Waals surface area contributed by atoms with E-state index < -0.39 is 6.04 Å². The zero-order chi connectivity index (χ0) is 23.0. The summed E-state index contributed by atoms with van der Waals surface area (Å²) >= 11 is 7.49. The van der Waals surface area contributed by atoms with Crippen molar-refractivity contribution >= 4 is 35.2 Å². The van der Waals surface area contributed by atoms with Gasteiger partial charge in [0, 0.05) is 22.9 Å². The number of carbonyl (C=O) groups is 2. The maximum atomic E-state index is 13.2. The molecule has 168 valence electrons. The van der Waals surface area contributed by atoms with Gasteiger partial charge in [0.25, 0.3) is 0 Å². The Morgan fingerprint density at radius 1 is 1.03 bits per heavy atom. The van der Waals surface area contributed by atoms with E-state index in [0.29, 0.717) is 29.5 Å². The molecule has 0 fully saturated rings. The summed E-state index contributed by atoms with van der Waals surface area (Å²) in [7, 11) is 0. The summed E-state index contributed by atoms with van der Waals surface area (Å²) < 4.78 is 0. The number of halogens is 1. The van der Waals surface area contributed by atoms with E-state index in [1.807, 2.05) is 83.1 Å². The first-order valence-corrected chi connectivity index (χ1v) is 12.1. The minimum Gasteiger partial charge on any atom is -0.350 e. The summed E-state index contributed by atoms with van der Waals surface area (Å²) in [6.07, 6.45) is 0.557. The van der Waals surface area contributed by atoms with E-state index in [2.05, 4.69) is 5.32 Å². The minimum atomic E-state index is -0.510. The van der Waals surface area contributed by atoms with E-state index in [9.17, 15) is 9.59 Å². The van der Waals surface area contributed by atoms with Crippen LogP contribution in [-0.4, -0.2) is 34.0 Å². The highest BCUT2D eigenvalue weighted by Crippen LogP contribution is 2.19. The van der Waals surface area contributed by atoms with Crippen molar-refractivity contribution in [3.05, 3.63) is 70.2 Å². The van der Waals surface area contributed by atoms with Gasteiger partial charge in [0.1, 0.15) is 6.04 Å². The molecule has 1 unspecified atom stereocenters. The van der Waals surface area contributed by atoms with Crippen molar-refractivity contribution in [2.45, 2.75) is 64.9 Å². The van der Waals surface area contributed by atoms with Gasteiger partial charge in [-0.25, -0.2) is 0 Å². The second-order valence-corrected chi connectivity index (χ2v) is 10.2. The summed E-state index contributed by atoms with van der Waals surface area (Å²) in [5, 5.41) is 3.73. The van der Waals surface area contributed by atoms with Crippen LogP contribution in [0.1, 0.15) is 50.8 Å². The van der Waals surface area contributed by atoms with E-state index in [4.69, 9.17) is 11.6 Å². The maximum Gasteiger partial charge on any atom is 0.243 e.